The first-order valence-electron chi connectivity index (χ1n) is 4.19. The molecule has 1 amide bonds. The molecule has 0 bridgehead atoms. The van der Waals surface area contributed by atoms with Crippen molar-refractivity contribution in [3.05, 3.63) is 0 Å². The van der Waals surface area contributed by atoms with Crippen LogP contribution in [0.3, 0.4) is 0 Å². The molecule has 0 aromatic carbocycles. The van der Waals surface area contributed by atoms with Crippen molar-refractivity contribution in [2.24, 2.45) is 0 Å². The molecule has 0 rings (SSSR count). The van der Waals surface area contributed by atoms with Crippen LogP contribution in [0.25, 0.3) is 0 Å². The molecule has 8 heteroatoms. The average molecular weight is 233 g/mol. The van der Waals surface area contributed by atoms with Gasteiger partial charge in [0.05, 0.1) is 0 Å². The molecular weight excluding hydrogens is 222 g/mol. The standard InChI is InChI=1S/C8H11NO7/c1-5(10)15-4-8(14)16-3-6(11)9-2-7(12)13/h2-4H2,1H3,(H,9,11)(H,12,13). The Bertz CT molecular complexity index is 269. The van der Waals surface area contributed by atoms with Crippen molar-refractivity contribution >= 4 is 23.8 Å². The van der Waals surface area contributed by atoms with Gasteiger partial charge in [0.1, 0.15) is 6.54 Å². The van der Waals surface area contributed by atoms with Gasteiger partial charge < -0.3 is 19.9 Å². The number of carbonyl (C=O) groups is 4. The van der Waals surface area contributed by atoms with Crippen LogP contribution >= 0.6 is 0 Å². The second-order valence-corrected chi connectivity index (χ2v) is 2.61. The highest BCUT2D eigenvalue weighted by atomic mass is 16.6. The Balaban J connectivity index is 3.63. The van der Waals surface area contributed by atoms with Gasteiger partial charge in [-0.2, -0.15) is 0 Å². The maximum Gasteiger partial charge on any atom is 0.344 e. The Morgan fingerprint density at radius 3 is 2.25 bits per heavy atom. The van der Waals surface area contributed by atoms with Gasteiger partial charge in [-0.1, -0.05) is 0 Å². The molecule has 90 valence electrons. The van der Waals surface area contributed by atoms with E-state index >= 15 is 0 Å². The molecule has 0 radical (unpaired) electrons. The third kappa shape index (κ3) is 8.48. The summed E-state index contributed by atoms with van der Waals surface area (Å²) in [6.45, 7) is -0.637. The van der Waals surface area contributed by atoms with E-state index in [1.165, 1.54) is 0 Å². The third-order valence-corrected chi connectivity index (χ3v) is 1.19. The number of carboxylic acids is 1. The predicted octanol–water partition coefficient (Wildman–Crippen LogP) is -1.71. The smallest absolute Gasteiger partial charge is 0.344 e. The summed E-state index contributed by atoms with van der Waals surface area (Å²) in [6, 6.07) is 0. The molecule has 0 fully saturated rings. The molecule has 0 aromatic rings. The lowest BCUT2D eigenvalue weighted by molar-refractivity contribution is -0.159. The average Bonchev–Trinajstić information content (AvgIpc) is 2.20. The van der Waals surface area contributed by atoms with Crippen molar-refractivity contribution in [2.45, 2.75) is 6.92 Å². The summed E-state index contributed by atoms with van der Waals surface area (Å²) in [5.74, 6) is -3.49. The maximum atomic E-state index is 10.8. The molecule has 16 heavy (non-hydrogen) atoms. The van der Waals surface area contributed by atoms with Crippen LogP contribution in [0, 0.1) is 0 Å². The van der Waals surface area contributed by atoms with Gasteiger partial charge in [0.2, 0.25) is 0 Å². The van der Waals surface area contributed by atoms with Crippen LogP contribution in [0.2, 0.25) is 0 Å². The van der Waals surface area contributed by atoms with Gasteiger partial charge in [0, 0.05) is 6.92 Å². The number of hydrogen-bond donors (Lipinski definition) is 2. The summed E-state index contributed by atoms with van der Waals surface area (Å²) in [5, 5.41) is 10.2. The molecule has 0 aliphatic heterocycles. The molecule has 0 atom stereocenters. The molecular formula is C8H11NO7. The number of carbonyl (C=O) groups excluding carboxylic acids is 3. The van der Waals surface area contributed by atoms with E-state index in [4.69, 9.17) is 5.11 Å². The van der Waals surface area contributed by atoms with E-state index in [1.54, 1.807) is 0 Å². The van der Waals surface area contributed by atoms with Crippen molar-refractivity contribution in [3.63, 3.8) is 0 Å². The van der Waals surface area contributed by atoms with E-state index in [0.717, 1.165) is 6.92 Å². The lowest BCUT2D eigenvalue weighted by Gasteiger charge is -2.04. The highest BCUT2D eigenvalue weighted by Crippen LogP contribution is 1.83. The van der Waals surface area contributed by atoms with Crippen LogP contribution < -0.4 is 5.32 Å². The first-order chi connectivity index (χ1) is 7.41. The molecule has 0 aliphatic carbocycles. The Morgan fingerprint density at radius 1 is 1.12 bits per heavy atom. The van der Waals surface area contributed by atoms with Crippen molar-refractivity contribution in [3.8, 4) is 0 Å². The summed E-state index contributed by atoms with van der Waals surface area (Å²) >= 11 is 0. The molecule has 0 saturated heterocycles. The third-order valence-electron chi connectivity index (χ3n) is 1.19. The van der Waals surface area contributed by atoms with Crippen molar-refractivity contribution < 1.29 is 33.8 Å². The van der Waals surface area contributed by atoms with Crippen molar-refractivity contribution in [1.82, 2.24) is 5.32 Å². The summed E-state index contributed by atoms with van der Waals surface area (Å²) in [4.78, 5) is 42.0. The zero-order valence-electron chi connectivity index (χ0n) is 8.52. The molecule has 8 nitrogen and oxygen atoms in total. The second-order valence-electron chi connectivity index (χ2n) is 2.61. The SMILES string of the molecule is CC(=O)OCC(=O)OCC(=O)NCC(=O)O. The van der Waals surface area contributed by atoms with E-state index in [0.29, 0.717) is 0 Å². The van der Waals surface area contributed by atoms with E-state index in [9.17, 15) is 19.2 Å². The summed E-state index contributed by atoms with van der Waals surface area (Å²) in [5.41, 5.74) is 0. The Kier molecular flexibility index (Phi) is 6.25. The van der Waals surface area contributed by atoms with E-state index < -0.39 is 43.6 Å². The fourth-order valence-corrected chi connectivity index (χ4v) is 0.573. The number of amides is 1. The minimum absolute atomic E-state index is 0.555. The van der Waals surface area contributed by atoms with Gasteiger partial charge in [-0.15, -0.1) is 0 Å². The molecule has 0 unspecified atom stereocenters. The number of ether oxygens (including phenoxy) is 2. The van der Waals surface area contributed by atoms with Gasteiger partial charge in [-0.25, -0.2) is 4.79 Å². The number of carboxylic acid groups (broad SMARTS) is 1. The van der Waals surface area contributed by atoms with Crippen molar-refractivity contribution in [2.75, 3.05) is 19.8 Å². The molecule has 0 spiro atoms. The summed E-state index contributed by atoms with van der Waals surface area (Å²) in [6.07, 6.45) is 0. The maximum absolute atomic E-state index is 10.8. The minimum Gasteiger partial charge on any atom is -0.480 e. The fourth-order valence-electron chi connectivity index (χ4n) is 0.573. The van der Waals surface area contributed by atoms with Crippen LogP contribution in [0.4, 0.5) is 0 Å². The molecule has 0 saturated carbocycles. The largest absolute Gasteiger partial charge is 0.480 e. The lowest BCUT2D eigenvalue weighted by atomic mass is 10.5. The van der Waals surface area contributed by atoms with Crippen LogP contribution in [0.1, 0.15) is 6.92 Å². The quantitative estimate of drug-likeness (QED) is 0.524. The Hall–Kier alpha value is -2.12. The molecule has 0 heterocycles. The molecule has 0 aromatic heterocycles. The van der Waals surface area contributed by atoms with E-state index in [-0.39, 0.29) is 0 Å². The topological polar surface area (TPSA) is 119 Å². The van der Waals surface area contributed by atoms with Crippen LogP contribution in [0.5, 0.6) is 0 Å². The molecule has 0 aliphatic rings. The molecule has 2 N–H and O–H groups in total. The number of hydrogen-bond acceptors (Lipinski definition) is 6. The summed E-state index contributed by atoms with van der Waals surface area (Å²) in [7, 11) is 0. The fraction of sp³-hybridized carbons (Fsp3) is 0.500. The minimum atomic E-state index is -1.21. The first kappa shape index (κ1) is 13.9. The normalized spacial score (nSPS) is 9.06. The Morgan fingerprint density at radius 2 is 1.75 bits per heavy atom. The number of nitrogens with one attached hydrogen (secondary N) is 1. The summed E-state index contributed by atoms with van der Waals surface area (Å²) < 4.78 is 8.66. The number of aliphatic carboxylic acids is 1. The van der Waals surface area contributed by atoms with Gasteiger partial charge in [0.25, 0.3) is 5.91 Å². The van der Waals surface area contributed by atoms with Crippen LogP contribution in [-0.4, -0.2) is 48.7 Å². The number of rotatable bonds is 6. The highest BCUT2D eigenvalue weighted by molar-refractivity contribution is 5.84. The van der Waals surface area contributed by atoms with Gasteiger partial charge in [-0.05, 0) is 0 Å². The van der Waals surface area contributed by atoms with Crippen LogP contribution in [-0.2, 0) is 28.7 Å². The van der Waals surface area contributed by atoms with Gasteiger partial charge in [0.15, 0.2) is 13.2 Å². The predicted molar refractivity (Wildman–Crippen MR) is 48.2 cm³/mol. The van der Waals surface area contributed by atoms with Crippen molar-refractivity contribution in [1.29, 1.82) is 0 Å². The Labute approximate surface area is 90.5 Å². The second kappa shape index (κ2) is 7.21. The number of esters is 2. The van der Waals surface area contributed by atoms with E-state index in [2.05, 4.69) is 9.47 Å². The lowest BCUT2D eigenvalue weighted by Crippen LogP contribution is -2.33. The monoisotopic (exact) mass is 233 g/mol. The first-order valence-corrected chi connectivity index (χ1v) is 4.19. The highest BCUT2D eigenvalue weighted by Gasteiger charge is 2.09. The van der Waals surface area contributed by atoms with Gasteiger partial charge >= 0.3 is 17.9 Å². The zero-order chi connectivity index (χ0) is 12.6. The van der Waals surface area contributed by atoms with E-state index in [1.807, 2.05) is 5.32 Å². The zero-order valence-corrected chi connectivity index (χ0v) is 8.52. The van der Waals surface area contributed by atoms with Gasteiger partial charge in [-0.3, -0.25) is 14.4 Å². The van der Waals surface area contributed by atoms with Crippen LogP contribution in [0.15, 0.2) is 0 Å².